The van der Waals surface area contributed by atoms with E-state index in [0.717, 1.165) is 24.8 Å². The third kappa shape index (κ3) is 17.9. The summed E-state index contributed by atoms with van der Waals surface area (Å²) in [6.45, 7) is -0.374. The molecule has 92 heavy (non-hydrogen) atoms. The molecule has 2 aromatic rings. The lowest BCUT2D eigenvalue weighted by Crippen LogP contribution is -2.61. The summed E-state index contributed by atoms with van der Waals surface area (Å²) in [4.78, 5) is 163. The molecule has 1 aromatic heterocycles. The number of aliphatic hydroxyl groups excluding tert-OH is 1. The minimum absolute atomic E-state index is 0.00422. The van der Waals surface area contributed by atoms with Gasteiger partial charge in [0.05, 0.1) is 18.7 Å². The fourth-order valence-corrected chi connectivity index (χ4v) is 14.3. The Bertz CT molecular complexity index is 3080. The molecule has 32 heteroatoms. The molecule has 5 aliphatic heterocycles. The van der Waals surface area contributed by atoms with E-state index < -0.39 is 126 Å². The average molecular weight is 1300 g/mol. The second-order valence-electron chi connectivity index (χ2n) is 24.4. The number of β-amino-alcohol motifs (C(OH)–C–C–N with tert-alkyl or cyclic N) is 1. The highest BCUT2D eigenvalue weighted by Gasteiger charge is 2.52. The SMILES string of the molecule is NC(N)=NCCCC(N)C(=O)NC(CCCN=C(N)N)C(=O)N1CCCC1C(=O)N1CC(O)CC1C(=O)NCC(=O)NC(Cc1cccs1)C(=O)NC1CCNC(=O)C(CCCN=C(N)N)NC(=O)C2CC3CCCCC3N2C(=O)C2c3ccccc3CCN2C1=O. The maximum Gasteiger partial charge on any atom is 0.250 e. The molecule has 12 atom stereocenters. The molecule has 1 saturated carbocycles. The van der Waals surface area contributed by atoms with Crippen molar-refractivity contribution in [2.24, 2.45) is 61.0 Å². The van der Waals surface area contributed by atoms with E-state index in [0.29, 0.717) is 49.0 Å². The van der Waals surface area contributed by atoms with Crippen LogP contribution in [0.3, 0.4) is 0 Å². The third-order valence-corrected chi connectivity index (χ3v) is 18.9. The van der Waals surface area contributed by atoms with Crippen molar-refractivity contribution in [3.63, 3.8) is 0 Å². The molecule has 1 aliphatic carbocycles. The Hall–Kier alpha value is -8.65. The monoisotopic (exact) mass is 1300 g/mol. The summed E-state index contributed by atoms with van der Waals surface area (Å²) >= 11 is 1.31. The zero-order valence-electron chi connectivity index (χ0n) is 51.8. The topological polar surface area (TPSA) is 495 Å². The molecular weight excluding hydrogens is 1210 g/mol. The number of benzene rings is 1. The molecule has 31 nitrogen and oxygen atoms in total. The van der Waals surface area contributed by atoms with E-state index >= 15 is 9.59 Å². The van der Waals surface area contributed by atoms with Crippen LogP contribution in [0.25, 0.3) is 0 Å². The minimum atomic E-state index is -1.37. The summed E-state index contributed by atoms with van der Waals surface area (Å²) in [7, 11) is 0. The Morgan fingerprint density at radius 3 is 2.15 bits per heavy atom. The summed E-state index contributed by atoms with van der Waals surface area (Å²) in [6.07, 6.45) is 4.32. The number of thiophene rings is 1. The fourth-order valence-electron chi connectivity index (χ4n) is 13.5. The van der Waals surface area contributed by atoms with E-state index in [1.165, 1.54) is 26.0 Å². The van der Waals surface area contributed by atoms with Crippen molar-refractivity contribution < 1.29 is 53.1 Å². The number of guanidine groups is 3. The smallest absolute Gasteiger partial charge is 0.250 e. The number of likely N-dealkylation sites (tertiary alicyclic amines) is 2. The van der Waals surface area contributed by atoms with Gasteiger partial charge in [-0.1, -0.05) is 43.2 Å². The van der Waals surface area contributed by atoms with Crippen LogP contribution >= 0.6 is 11.3 Å². The first kappa shape index (κ1) is 69.2. The number of nitrogens with zero attached hydrogens (tertiary/aromatic N) is 7. The minimum Gasteiger partial charge on any atom is -0.391 e. The summed E-state index contributed by atoms with van der Waals surface area (Å²) in [5, 5.41) is 29.4. The van der Waals surface area contributed by atoms with Crippen LogP contribution in [0.4, 0.5) is 0 Å². The van der Waals surface area contributed by atoms with Gasteiger partial charge in [0, 0.05) is 69.6 Å². The molecule has 502 valence electrons. The molecule has 21 N–H and O–H groups in total. The lowest BCUT2D eigenvalue weighted by atomic mass is 9.84. The fraction of sp³-hybridized carbons (Fsp3) is 0.617. The summed E-state index contributed by atoms with van der Waals surface area (Å²) in [6, 6.07) is 0.0978. The van der Waals surface area contributed by atoms with Gasteiger partial charge in [0.15, 0.2) is 17.9 Å². The quantitative estimate of drug-likeness (QED) is 0.0268. The Balaban J connectivity index is 0.977. The maximum absolute atomic E-state index is 15.6. The summed E-state index contributed by atoms with van der Waals surface area (Å²) < 4.78 is 0. The van der Waals surface area contributed by atoms with E-state index in [1.807, 2.05) is 12.1 Å². The number of carbonyl (C=O) groups is 10. The molecule has 6 heterocycles. The van der Waals surface area contributed by atoms with E-state index in [1.54, 1.807) is 34.5 Å². The van der Waals surface area contributed by atoms with Crippen molar-refractivity contribution in [1.29, 1.82) is 0 Å². The summed E-state index contributed by atoms with van der Waals surface area (Å²) in [5.74, 6) is -6.75. The van der Waals surface area contributed by atoms with Gasteiger partial charge in [0.25, 0.3) is 5.91 Å². The molecule has 0 radical (unpaired) electrons. The van der Waals surface area contributed by atoms with Gasteiger partial charge in [-0.15, -0.1) is 11.3 Å². The predicted octanol–water partition coefficient (Wildman–Crippen LogP) is -4.41. The number of fused-ring (bicyclic) bond motifs is 6. The van der Waals surface area contributed by atoms with Gasteiger partial charge in [0.1, 0.15) is 48.3 Å². The third-order valence-electron chi connectivity index (χ3n) is 18.0. The van der Waals surface area contributed by atoms with Gasteiger partial charge in [-0.25, -0.2) is 0 Å². The molecule has 4 saturated heterocycles. The largest absolute Gasteiger partial charge is 0.391 e. The van der Waals surface area contributed by atoms with Crippen LogP contribution in [-0.4, -0.2) is 214 Å². The van der Waals surface area contributed by atoms with Crippen LogP contribution in [0.5, 0.6) is 0 Å². The van der Waals surface area contributed by atoms with E-state index in [9.17, 15) is 43.5 Å². The van der Waals surface area contributed by atoms with Crippen LogP contribution in [0.15, 0.2) is 56.8 Å². The number of amides is 10. The van der Waals surface area contributed by atoms with Gasteiger partial charge >= 0.3 is 0 Å². The molecule has 5 fully saturated rings. The van der Waals surface area contributed by atoms with Crippen LogP contribution in [-0.2, 0) is 60.8 Å². The molecule has 1 aromatic carbocycles. The van der Waals surface area contributed by atoms with E-state index in [2.05, 4.69) is 46.9 Å². The highest BCUT2D eigenvalue weighted by molar-refractivity contribution is 7.09. The second kappa shape index (κ2) is 32.6. The lowest BCUT2D eigenvalue weighted by molar-refractivity contribution is -0.153. The predicted molar refractivity (Wildman–Crippen MR) is 341 cm³/mol. The van der Waals surface area contributed by atoms with Crippen molar-refractivity contribution in [3.8, 4) is 0 Å². The number of nitrogens with two attached hydrogens (primary N) is 7. The number of hydrogen-bond acceptors (Lipinski definition) is 16. The zero-order chi connectivity index (χ0) is 66.2. The first-order chi connectivity index (χ1) is 44.1. The highest BCUT2D eigenvalue weighted by atomic mass is 32.1. The Morgan fingerprint density at radius 2 is 1.43 bits per heavy atom. The molecule has 10 amide bonds. The summed E-state index contributed by atoms with van der Waals surface area (Å²) in [5.41, 5.74) is 40.6. The zero-order valence-corrected chi connectivity index (χ0v) is 52.6. The van der Waals surface area contributed by atoms with Crippen LogP contribution in [0.2, 0.25) is 0 Å². The number of rotatable bonds is 24. The van der Waals surface area contributed by atoms with Crippen LogP contribution < -0.4 is 72.0 Å². The molecule has 0 bridgehead atoms. The molecule has 8 rings (SSSR count). The number of aliphatic hydroxyl groups is 1. The molecule has 0 spiro atoms. The van der Waals surface area contributed by atoms with Crippen LogP contribution in [0.1, 0.15) is 118 Å². The second-order valence-corrected chi connectivity index (χ2v) is 25.4. The van der Waals surface area contributed by atoms with Gasteiger partial charge < -0.3 is 96.7 Å². The number of carbonyl (C=O) groups excluding carboxylic acids is 10. The number of hydrogen-bond donors (Lipinski definition) is 14. The standard InChI is InChI=1S/C60H90N20O11S/c61-38(14-5-21-69-58(62)63)49(83)75-40(16-7-23-71-60(66)67)54(88)77-25-8-18-44(77)56(90)79-32-35(81)29-45(79)52(86)72-31-47(82)73-42(30-36-12-9-27-92-36)51(85)76-41-19-24-68-50(84)39(15-6-22-70-59(64)65)74-53(87)46-28-34-11-2-4-17-43(34)80(46)57(91)48-37-13-3-1-10-33(37)20-26-78(48)55(41)89/h1,3,9-10,12-13,27,34-35,38-46,48,81H,2,4-8,11,14-26,28-32,61H2,(H,68,84)(H,72,86)(H,73,82)(H,74,87)(H,75,83)(H,76,85)(H4,62,63,69)(H4,64,65,70)(H4,66,67,71). The number of aliphatic imine (C=N–C) groups is 3. The van der Waals surface area contributed by atoms with E-state index in [4.69, 9.17) is 40.1 Å². The van der Waals surface area contributed by atoms with Crippen molar-refractivity contribution >= 4 is 88.3 Å². The van der Waals surface area contributed by atoms with Gasteiger partial charge in [-0.05, 0) is 112 Å². The van der Waals surface area contributed by atoms with Crippen molar-refractivity contribution in [3.05, 3.63) is 57.8 Å². The molecular formula is C60H90N20O11S. The van der Waals surface area contributed by atoms with Crippen LogP contribution in [0, 0.1) is 5.92 Å². The first-order valence-corrected chi connectivity index (χ1v) is 32.7. The van der Waals surface area contributed by atoms with E-state index in [-0.39, 0.29) is 127 Å². The normalized spacial score (nSPS) is 25.0. The molecule has 6 aliphatic rings. The van der Waals surface area contributed by atoms with Crippen molar-refractivity contribution in [2.45, 2.75) is 176 Å². The molecule has 12 unspecified atom stereocenters. The van der Waals surface area contributed by atoms with Gasteiger partial charge in [0.2, 0.25) is 53.2 Å². The lowest BCUT2D eigenvalue weighted by Gasteiger charge is -2.43. The Labute approximate surface area is 537 Å². The van der Waals surface area contributed by atoms with Crippen molar-refractivity contribution in [1.82, 2.24) is 51.5 Å². The highest BCUT2D eigenvalue weighted by Crippen LogP contribution is 2.43. The maximum atomic E-state index is 15.6. The van der Waals surface area contributed by atoms with Gasteiger partial charge in [-0.2, -0.15) is 0 Å². The van der Waals surface area contributed by atoms with Crippen molar-refractivity contribution in [2.75, 3.05) is 52.4 Å². The average Bonchev–Trinajstić information content (AvgIpc) is 1.43. The first-order valence-electron chi connectivity index (χ1n) is 31.8. The Kier molecular flexibility index (Phi) is 24.5. The Morgan fingerprint density at radius 1 is 0.728 bits per heavy atom. The van der Waals surface area contributed by atoms with Gasteiger partial charge in [-0.3, -0.25) is 62.9 Å². The number of nitrogens with one attached hydrogen (secondary N) is 6.